The van der Waals surface area contributed by atoms with Crippen LogP contribution in [0.5, 0.6) is 0 Å². The van der Waals surface area contributed by atoms with Gasteiger partial charge in [-0.25, -0.2) is 19.2 Å². The minimum absolute atomic E-state index is 0.0953. The predicted octanol–water partition coefficient (Wildman–Crippen LogP) is 4.20. The summed E-state index contributed by atoms with van der Waals surface area (Å²) in [5.74, 6) is 0.482. The highest BCUT2D eigenvalue weighted by Crippen LogP contribution is 2.22. The molecule has 6 nitrogen and oxygen atoms in total. The molecule has 2 aromatic carbocycles. The van der Waals surface area contributed by atoms with Crippen LogP contribution in [0.15, 0.2) is 60.9 Å². The normalized spacial score (nSPS) is 13.9. The van der Waals surface area contributed by atoms with Crippen LogP contribution in [0.3, 0.4) is 0 Å². The molecule has 0 unspecified atom stereocenters. The Morgan fingerprint density at radius 1 is 1.03 bits per heavy atom. The van der Waals surface area contributed by atoms with Crippen molar-refractivity contribution in [3.63, 3.8) is 0 Å². The van der Waals surface area contributed by atoms with Crippen molar-refractivity contribution >= 4 is 17.5 Å². The zero-order chi connectivity index (χ0) is 20.9. The van der Waals surface area contributed by atoms with E-state index in [0.717, 1.165) is 17.9 Å². The summed E-state index contributed by atoms with van der Waals surface area (Å²) in [7, 11) is 0. The van der Waals surface area contributed by atoms with E-state index < -0.39 is 0 Å². The van der Waals surface area contributed by atoms with Gasteiger partial charge in [0.1, 0.15) is 18.0 Å². The standard InChI is InChI=1S/C23H24FN5O/c1-2-17-6-8-20(9-7-17)27-23(30)29-12-10-28(11-13-29)22-15-21(25-16-26-22)18-4-3-5-19(24)14-18/h3-9,14-16H,2,10-13H2,1H3,(H,27,30). The lowest BCUT2D eigenvalue weighted by molar-refractivity contribution is 0.208. The van der Waals surface area contributed by atoms with Gasteiger partial charge in [-0.05, 0) is 36.2 Å². The van der Waals surface area contributed by atoms with Gasteiger partial charge in [0.25, 0.3) is 0 Å². The molecule has 1 N–H and O–H groups in total. The summed E-state index contributed by atoms with van der Waals surface area (Å²) in [6.07, 6.45) is 2.47. The molecule has 1 saturated heterocycles. The molecule has 2 heterocycles. The number of carbonyl (C=O) groups excluding carboxylic acids is 1. The molecule has 1 aliphatic heterocycles. The number of rotatable bonds is 4. The Morgan fingerprint density at radius 2 is 1.80 bits per heavy atom. The summed E-state index contributed by atoms with van der Waals surface area (Å²) in [4.78, 5) is 25.1. The number of nitrogens with one attached hydrogen (secondary N) is 1. The SMILES string of the molecule is CCc1ccc(NC(=O)N2CCN(c3cc(-c4cccc(F)c4)ncn3)CC2)cc1. The number of anilines is 2. The van der Waals surface area contributed by atoms with Gasteiger partial charge in [0.2, 0.25) is 0 Å². The Balaban J connectivity index is 1.37. The number of nitrogens with zero attached hydrogens (tertiary/aromatic N) is 4. The van der Waals surface area contributed by atoms with Gasteiger partial charge in [-0.1, -0.05) is 31.2 Å². The molecule has 2 amide bonds. The smallest absolute Gasteiger partial charge is 0.321 e. The van der Waals surface area contributed by atoms with Crippen LogP contribution in [-0.4, -0.2) is 47.1 Å². The lowest BCUT2D eigenvalue weighted by Crippen LogP contribution is -2.50. The van der Waals surface area contributed by atoms with Crippen molar-refractivity contribution in [1.82, 2.24) is 14.9 Å². The Bertz CT molecular complexity index is 1020. The predicted molar refractivity (Wildman–Crippen MR) is 116 cm³/mol. The van der Waals surface area contributed by atoms with Gasteiger partial charge in [0.05, 0.1) is 5.69 Å². The zero-order valence-corrected chi connectivity index (χ0v) is 16.9. The number of hydrogen-bond donors (Lipinski definition) is 1. The third-order valence-electron chi connectivity index (χ3n) is 5.28. The lowest BCUT2D eigenvalue weighted by atomic mass is 10.1. The number of amides is 2. The fraction of sp³-hybridized carbons (Fsp3) is 0.261. The summed E-state index contributed by atoms with van der Waals surface area (Å²) < 4.78 is 13.5. The van der Waals surface area contributed by atoms with Gasteiger partial charge in [0.15, 0.2) is 0 Å². The maximum Gasteiger partial charge on any atom is 0.321 e. The minimum atomic E-state index is -0.295. The fourth-order valence-corrected chi connectivity index (χ4v) is 3.49. The van der Waals surface area contributed by atoms with E-state index in [9.17, 15) is 9.18 Å². The lowest BCUT2D eigenvalue weighted by Gasteiger charge is -2.35. The quantitative estimate of drug-likeness (QED) is 0.707. The van der Waals surface area contributed by atoms with Gasteiger partial charge < -0.3 is 15.1 Å². The molecule has 7 heteroatoms. The summed E-state index contributed by atoms with van der Waals surface area (Å²) in [5, 5.41) is 2.96. The Kier molecular flexibility index (Phi) is 5.88. The summed E-state index contributed by atoms with van der Waals surface area (Å²) in [6.45, 7) is 4.63. The molecule has 30 heavy (non-hydrogen) atoms. The van der Waals surface area contributed by atoms with Crippen LogP contribution in [0, 0.1) is 5.82 Å². The van der Waals surface area contributed by atoms with E-state index in [1.165, 1.54) is 24.0 Å². The van der Waals surface area contributed by atoms with E-state index in [0.29, 0.717) is 37.4 Å². The molecule has 0 aliphatic carbocycles. The average Bonchev–Trinajstić information content (AvgIpc) is 2.80. The maximum absolute atomic E-state index is 13.5. The molecular weight excluding hydrogens is 381 g/mol. The molecule has 1 aliphatic rings. The third-order valence-corrected chi connectivity index (χ3v) is 5.28. The molecule has 3 aromatic rings. The number of urea groups is 1. The van der Waals surface area contributed by atoms with Crippen LogP contribution >= 0.6 is 0 Å². The van der Waals surface area contributed by atoms with Crippen molar-refractivity contribution in [3.05, 3.63) is 72.3 Å². The van der Waals surface area contributed by atoms with E-state index in [4.69, 9.17) is 0 Å². The van der Waals surface area contributed by atoms with E-state index in [1.54, 1.807) is 11.0 Å². The highest BCUT2D eigenvalue weighted by molar-refractivity contribution is 5.89. The number of halogens is 1. The van der Waals surface area contributed by atoms with Crippen LogP contribution in [0.2, 0.25) is 0 Å². The second-order valence-electron chi connectivity index (χ2n) is 7.23. The van der Waals surface area contributed by atoms with Crippen molar-refractivity contribution < 1.29 is 9.18 Å². The molecule has 4 rings (SSSR count). The summed E-state index contributed by atoms with van der Waals surface area (Å²) in [5.41, 5.74) is 3.43. The van der Waals surface area contributed by atoms with E-state index >= 15 is 0 Å². The molecule has 1 aromatic heterocycles. The van der Waals surface area contributed by atoms with Crippen molar-refractivity contribution in [1.29, 1.82) is 0 Å². The number of aromatic nitrogens is 2. The van der Waals surface area contributed by atoms with Gasteiger partial charge in [-0.15, -0.1) is 0 Å². The second kappa shape index (κ2) is 8.90. The molecule has 154 valence electrons. The molecule has 1 fully saturated rings. The molecule has 0 radical (unpaired) electrons. The number of piperazine rings is 1. The van der Waals surface area contributed by atoms with Crippen LogP contribution < -0.4 is 10.2 Å². The molecule has 0 bridgehead atoms. The maximum atomic E-state index is 13.5. The van der Waals surface area contributed by atoms with Crippen molar-refractivity contribution in [2.24, 2.45) is 0 Å². The number of carbonyl (C=O) groups is 1. The van der Waals surface area contributed by atoms with Gasteiger partial charge >= 0.3 is 6.03 Å². The fourth-order valence-electron chi connectivity index (χ4n) is 3.49. The Morgan fingerprint density at radius 3 is 2.50 bits per heavy atom. The van der Waals surface area contributed by atoms with Gasteiger partial charge in [0, 0.05) is 43.5 Å². The first kappa shape index (κ1) is 19.8. The number of benzene rings is 2. The number of aryl methyl sites for hydroxylation is 1. The first-order chi connectivity index (χ1) is 14.6. The molecule has 0 atom stereocenters. The average molecular weight is 405 g/mol. The van der Waals surface area contributed by atoms with Crippen molar-refractivity contribution in [3.8, 4) is 11.3 Å². The summed E-state index contributed by atoms with van der Waals surface area (Å²) in [6, 6.07) is 16.0. The highest BCUT2D eigenvalue weighted by Gasteiger charge is 2.22. The first-order valence-corrected chi connectivity index (χ1v) is 10.1. The Labute approximate surface area is 175 Å². The van der Waals surface area contributed by atoms with Gasteiger partial charge in [-0.3, -0.25) is 0 Å². The van der Waals surface area contributed by atoms with E-state index in [1.807, 2.05) is 36.4 Å². The van der Waals surface area contributed by atoms with Crippen LogP contribution in [0.25, 0.3) is 11.3 Å². The Hall–Kier alpha value is -3.48. The largest absolute Gasteiger partial charge is 0.353 e. The van der Waals surface area contributed by atoms with Crippen LogP contribution in [0.4, 0.5) is 20.7 Å². The van der Waals surface area contributed by atoms with Crippen LogP contribution in [-0.2, 0) is 6.42 Å². The topological polar surface area (TPSA) is 61.4 Å². The molecular formula is C23H24FN5O. The first-order valence-electron chi connectivity index (χ1n) is 10.1. The minimum Gasteiger partial charge on any atom is -0.353 e. The highest BCUT2D eigenvalue weighted by atomic mass is 19.1. The molecule has 0 spiro atoms. The van der Waals surface area contributed by atoms with E-state index in [2.05, 4.69) is 27.1 Å². The summed E-state index contributed by atoms with van der Waals surface area (Å²) >= 11 is 0. The molecule has 0 saturated carbocycles. The third kappa shape index (κ3) is 4.56. The monoisotopic (exact) mass is 405 g/mol. The van der Waals surface area contributed by atoms with Gasteiger partial charge in [-0.2, -0.15) is 0 Å². The van der Waals surface area contributed by atoms with E-state index in [-0.39, 0.29) is 11.8 Å². The zero-order valence-electron chi connectivity index (χ0n) is 16.9. The second-order valence-corrected chi connectivity index (χ2v) is 7.23. The number of hydrogen-bond acceptors (Lipinski definition) is 4. The van der Waals surface area contributed by atoms with Crippen molar-refractivity contribution in [2.75, 3.05) is 36.4 Å². The van der Waals surface area contributed by atoms with Crippen LogP contribution in [0.1, 0.15) is 12.5 Å². The van der Waals surface area contributed by atoms with Crippen molar-refractivity contribution in [2.45, 2.75) is 13.3 Å².